The molecular weight excluding hydrogens is 326 g/mol. The van der Waals surface area contributed by atoms with Gasteiger partial charge >= 0.3 is 0 Å². The second kappa shape index (κ2) is 6.64. The fourth-order valence-electron chi connectivity index (χ4n) is 3.33. The van der Waals surface area contributed by atoms with Crippen molar-refractivity contribution in [2.75, 3.05) is 11.9 Å². The van der Waals surface area contributed by atoms with Crippen molar-refractivity contribution in [2.45, 2.75) is 70.6 Å². The molecule has 1 heterocycles. The predicted octanol–water partition coefficient (Wildman–Crippen LogP) is 5.23. The minimum Gasteiger partial charge on any atom is -0.369 e. The molecule has 2 fully saturated rings. The first-order valence-electron chi connectivity index (χ1n) is 8.54. The van der Waals surface area contributed by atoms with E-state index in [4.69, 9.17) is 9.97 Å². The summed E-state index contributed by atoms with van der Waals surface area (Å²) in [6.07, 6.45) is 8.86. The molecule has 2 aliphatic rings. The number of aromatic nitrogens is 2. The summed E-state index contributed by atoms with van der Waals surface area (Å²) < 4.78 is 1.10. The van der Waals surface area contributed by atoms with Crippen LogP contribution in [0.15, 0.2) is 4.47 Å². The molecule has 2 aliphatic carbocycles. The molecule has 1 aromatic heterocycles. The fourth-order valence-corrected chi connectivity index (χ4v) is 3.97. The van der Waals surface area contributed by atoms with Crippen LogP contribution in [-0.2, 0) is 0 Å². The van der Waals surface area contributed by atoms with Crippen molar-refractivity contribution < 1.29 is 0 Å². The highest BCUT2D eigenvalue weighted by Crippen LogP contribution is 2.45. The normalized spacial score (nSPS) is 25.3. The van der Waals surface area contributed by atoms with Gasteiger partial charge in [0.1, 0.15) is 11.6 Å². The molecule has 1 aromatic rings. The molecule has 116 valence electrons. The summed E-state index contributed by atoms with van der Waals surface area (Å²) in [5.74, 6) is 4.21. The Morgan fingerprint density at radius 1 is 1.10 bits per heavy atom. The highest BCUT2D eigenvalue weighted by Gasteiger charge is 2.32. The van der Waals surface area contributed by atoms with Crippen molar-refractivity contribution in [3.63, 3.8) is 0 Å². The Labute approximate surface area is 136 Å². The third-order valence-corrected chi connectivity index (χ3v) is 5.67. The van der Waals surface area contributed by atoms with Gasteiger partial charge in [0.2, 0.25) is 0 Å². The van der Waals surface area contributed by atoms with Gasteiger partial charge in [-0.25, -0.2) is 9.97 Å². The first kappa shape index (κ1) is 15.3. The summed E-state index contributed by atoms with van der Waals surface area (Å²) >= 11 is 3.73. The highest BCUT2D eigenvalue weighted by atomic mass is 79.9. The van der Waals surface area contributed by atoms with Gasteiger partial charge in [0.15, 0.2) is 0 Å². The van der Waals surface area contributed by atoms with Gasteiger partial charge < -0.3 is 5.32 Å². The van der Waals surface area contributed by atoms with Crippen LogP contribution in [0, 0.1) is 5.92 Å². The van der Waals surface area contributed by atoms with Crippen LogP contribution < -0.4 is 5.32 Å². The molecule has 4 heteroatoms. The van der Waals surface area contributed by atoms with Gasteiger partial charge in [-0.05, 0) is 60.4 Å². The first-order valence-corrected chi connectivity index (χ1v) is 9.33. The smallest absolute Gasteiger partial charge is 0.144 e. The standard InChI is InChI=1S/C17H26BrN3/c1-3-9-19-17-14(18)15(12-7-8-12)20-16(21-17)13-6-5-11(4-2)10-13/h11-13H,3-10H2,1-2H3,(H,19,20,21). The average molecular weight is 352 g/mol. The number of anilines is 1. The van der Waals surface area contributed by atoms with Crippen LogP contribution in [0.4, 0.5) is 5.82 Å². The number of nitrogens with zero attached hydrogens (tertiary/aromatic N) is 2. The second-order valence-corrected chi connectivity index (χ2v) is 7.41. The van der Waals surface area contributed by atoms with E-state index in [0.29, 0.717) is 11.8 Å². The lowest BCUT2D eigenvalue weighted by Gasteiger charge is -2.15. The Hall–Kier alpha value is -0.640. The lowest BCUT2D eigenvalue weighted by Crippen LogP contribution is -2.11. The van der Waals surface area contributed by atoms with E-state index in [2.05, 4.69) is 35.1 Å². The van der Waals surface area contributed by atoms with Gasteiger partial charge in [-0.3, -0.25) is 0 Å². The highest BCUT2D eigenvalue weighted by molar-refractivity contribution is 9.10. The largest absolute Gasteiger partial charge is 0.369 e. The molecule has 0 bridgehead atoms. The van der Waals surface area contributed by atoms with Gasteiger partial charge in [-0.15, -0.1) is 0 Å². The van der Waals surface area contributed by atoms with Gasteiger partial charge in [-0.1, -0.05) is 20.3 Å². The third-order valence-electron chi connectivity index (χ3n) is 4.88. The molecule has 1 N–H and O–H groups in total. The topological polar surface area (TPSA) is 37.8 Å². The molecule has 0 saturated heterocycles. The number of hydrogen-bond donors (Lipinski definition) is 1. The SMILES string of the molecule is CCCNc1nc(C2CCC(CC)C2)nc(C2CC2)c1Br. The van der Waals surface area contributed by atoms with Crippen LogP contribution in [-0.4, -0.2) is 16.5 Å². The van der Waals surface area contributed by atoms with E-state index in [1.165, 1.54) is 44.2 Å². The van der Waals surface area contributed by atoms with Crippen LogP contribution in [0.25, 0.3) is 0 Å². The van der Waals surface area contributed by atoms with Crippen molar-refractivity contribution in [1.82, 2.24) is 9.97 Å². The Morgan fingerprint density at radius 2 is 1.86 bits per heavy atom. The molecule has 0 spiro atoms. The Balaban J connectivity index is 1.87. The van der Waals surface area contributed by atoms with E-state index in [0.717, 1.165) is 35.0 Å². The maximum Gasteiger partial charge on any atom is 0.144 e. The van der Waals surface area contributed by atoms with Crippen molar-refractivity contribution in [3.05, 3.63) is 16.0 Å². The lowest BCUT2D eigenvalue weighted by molar-refractivity contribution is 0.516. The first-order chi connectivity index (χ1) is 10.2. The molecule has 0 aliphatic heterocycles. The van der Waals surface area contributed by atoms with Crippen molar-refractivity contribution in [3.8, 4) is 0 Å². The van der Waals surface area contributed by atoms with Gasteiger partial charge in [-0.2, -0.15) is 0 Å². The molecule has 0 amide bonds. The number of nitrogens with one attached hydrogen (secondary N) is 1. The van der Waals surface area contributed by atoms with Crippen LogP contribution in [0.5, 0.6) is 0 Å². The molecule has 0 radical (unpaired) electrons. The lowest BCUT2D eigenvalue weighted by atomic mass is 10.0. The summed E-state index contributed by atoms with van der Waals surface area (Å²) in [5.41, 5.74) is 1.25. The summed E-state index contributed by atoms with van der Waals surface area (Å²) in [7, 11) is 0. The predicted molar refractivity (Wildman–Crippen MR) is 90.9 cm³/mol. The summed E-state index contributed by atoms with van der Waals surface area (Å²) in [6.45, 7) is 5.47. The van der Waals surface area contributed by atoms with E-state index in [-0.39, 0.29) is 0 Å². The van der Waals surface area contributed by atoms with E-state index >= 15 is 0 Å². The van der Waals surface area contributed by atoms with Gasteiger partial charge in [0.05, 0.1) is 10.2 Å². The molecule has 21 heavy (non-hydrogen) atoms. The minimum atomic E-state index is 0.572. The monoisotopic (exact) mass is 351 g/mol. The quantitative estimate of drug-likeness (QED) is 0.762. The maximum absolute atomic E-state index is 4.96. The Kier molecular flexibility index (Phi) is 4.82. The summed E-state index contributed by atoms with van der Waals surface area (Å²) in [4.78, 5) is 9.82. The second-order valence-electron chi connectivity index (χ2n) is 6.61. The number of rotatable bonds is 6. The van der Waals surface area contributed by atoms with E-state index in [9.17, 15) is 0 Å². The Morgan fingerprint density at radius 3 is 2.48 bits per heavy atom. The fraction of sp³-hybridized carbons (Fsp3) is 0.765. The van der Waals surface area contributed by atoms with Crippen LogP contribution in [0.1, 0.15) is 82.1 Å². The molecule has 3 rings (SSSR count). The van der Waals surface area contributed by atoms with E-state index in [1.807, 2.05) is 0 Å². The minimum absolute atomic E-state index is 0.572. The zero-order chi connectivity index (χ0) is 14.8. The molecule has 2 saturated carbocycles. The van der Waals surface area contributed by atoms with Gasteiger partial charge in [0.25, 0.3) is 0 Å². The van der Waals surface area contributed by atoms with Crippen LogP contribution in [0.2, 0.25) is 0 Å². The average Bonchev–Trinajstić information content (AvgIpc) is 3.23. The third kappa shape index (κ3) is 3.41. The molecular formula is C17H26BrN3. The molecule has 2 atom stereocenters. The molecule has 3 nitrogen and oxygen atoms in total. The van der Waals surface area contributed by atoms with E-state index in [1.54, 1.807) is 0 Å². The van der Waals surface area contributed by atoms with Crippen molar-refractivity contribution in [1.29, 1.82) is 0 Å². The van der Waals surface area contributed by atoms with Crippen LogP contribution >= 0.6 is 15.9 Å². The zero-order valence-corrected chi connectivity index (χ0v) is 14.7. The maximum atomic E-state index is 4.96. The summed E-state index contributed by atoms with van der Waals surface area (Å²) in [6, 6.07) is 0. The van der Waals surface area contributed by atoms with Crippen molar-refractivity contribution in [2.24, 2.45) is 5.92 Å². The molecule has 0 aromatic carbocycles. The Bertz CT molecular complexity index is 499. The van der Waals surface area contributed by atoms with Crippen LogP contribution in [0.3, 0.4) is 0 Å². The zero-order valence-electron chi connectivity index (χ0n) is 13.2. The van der Waals surface area contributed by atoms with E-state index < -0.39 is 0 Å². The van der Waals surface area contributed by atoms with Gasteiger partial charge in [0, 0.05) is 18.4 Å². The number of halogens is 1. The van der Waals surface area contributed by atoms with Crippen molar-refractivity contribution >= 4 is 21.7 Å². The number of hydrogen-bond acceptors (Lipinski definition) is 3. The summed E-state index contributed by atoms with van der Waals surface area (Å²) in [5, 5.41) is 3.48. The molecule has 2 unspecified atom stereocenters.